The van der Waals surface area contributed by atoms with Gasteiger partial charge in [0.15, 0.2) is 0 Å². The van der Waals surface area contributed by atoms with Crippen LogP contribution in [-0.4, -0.2) is 44.1 Å². The van der Waals surface area contributed by atoms with Gasteiger partial charge in [0, 0.05) is 31.9 Å². The summed E-state index contributed by atoms with van der Waals surface area (Å²) in [4.78, 5) is 17.5. The number of benzene rings is 3. The lowest BCUT2D eigenvalue weighted by Gasteiger charge is -2.24. The monoisotopic (exact) mass is 402 g/mol. The molecule has 1 amide bonds. The first kappa shape index (κ1) is 19.8. The molecular weight excluding hydrogens is 376 g/mol. The number of anilines is 1. The van der Waals surface area contributed by atoms with E-state index in [-0.39, 0.29) is 5.91 Å². The number of methoxy groups -OCH3 is 1. The van der Waals surface area contributed by atoms with Gasteiger partial charge in [-0.3, -0.25) is 4.79 Å². The van der Waals surface area contributed by atoms with Gasteiger partial charge in [-0.2, -0.15) is 0 Å². The molecule has 154 valence electrons. The van der Waals surface area contributed by atoms with Crippen molar-refractivity contribution in [2.45, 2.75) is 6.42 Å². The lowest BCUT2D eigenvalue weighted by Crippen LogP contribution is -2.35. The third-order valence-electron chi connectivity index (χ3n) is 5.31. The average molecular weight is 402 g/mol. The van der Waals surface area contributed by atoms with Crippen LogP contribution in [0, 0.1) is 0 Å². The topological polar surface area (TPSA) is 42.0 Å². The highest BCUT2D eigenvalue weighted by Gasteiger charge is 2.23. The van der Waals surface area contributed by atoms with Crippen molar-refractivity contribution >= 4 is 11.6 Å². The molecule has 0 atom stereocenters. The Bertz CT molecular complexity index is 973. The summed E-state index contributed by atoms with van der Waals surface area (Å²) in [5.41, 5.74) is 1.75. The van der Waals surface area contributed by atoms with E-state index in [9.17, 15) is 4.79 Å². The zero-order valence-corrected chi connectivity index (χ0v) is 17.2. The predicted molar refractivity (Wildman–Crippen MR) is 119 cm³/mol. The summed E-state index contributed by atoms with van der Waals surface area (Å²) in [6, 6.07) is 25.1. The molecule has 0 aromatic heterocycles. The van der Waals surface area contributed by atoms with Gasteiger partial charge in [-0.25, -0.2) is 0 Å². The van der Waals surface area contributed by atoms with Crippen molar-refractivity contribution in [2.24, 2.45) is 0 Å². The van der Waals surface area contributed by atoms with Crippen LogP contribution in [0.3, 0.4) is 0 Å². The smallest absolute Gasteiger partial charge is 0.257 e. The predicted octanol–water partition coefficient (Wildman–Crippen LogP) is 4.84. The summed E-state index contributed by atoms with van der Waals surface area (Å²) in [7, 11) is 1.67. The summed E-state index contributed by atoms with van der Waals surface area (Å²) in [6.07, 6.45) is 0.916. The van der Waals surface area contributed by atoms with E-state index in [4.69, 9.17) is 9.47 Å². The first-order chi connectivity index (χ1) is 14.7. The fourth-order valence-electron chi connectivity index (χ4n) is 3.69. The normalized spacial score (nSPS) is 14.2. The third kappa shape index (κ3) is 4.57. The van der Waals surface area contributed by atoms with Crippen molar-refractivity contribution in [3.63, 3.8) is 0 Å². The fourth-order valence-corrected chi connectivity index (χ4v) is 3.69. The minimum Gasteiger partial charge on any atom is -0.497 e. The van der Waals surface area contributed by atoms with Crippen molar-refractivity contribution in [1.82, 2.24) is 4.90 Å². The molecule has 0 saturated carbocycles. The molecule has 0 unspecified atom stereocenters. The Morgan fingerprint density at radius 2 is 1.50 bits per heavy atom. The van der Waals surface area contributed by atoms with Crippen LogP contribution >= 0.6 is 0 Å². The Balaban J connectivity index is 1.46. The zero-order chi connectivity index (χ0) is 20.8. The summed E-state index contributed by atoms with van der Waals surface area (Å²) in [6.45, 7) is 3.10. The molecule has 1 aliphatic heterocycles. The van der Waals surface area contributed by atoms with Crippen molar-refractivity contribution in [1.29, 1.82) is 0 Å². The maximum atomic E-state index is 13.3. The molecular formula is C25H26N2O3. The number of rotatable bonds is 5. The minimum atomic E-state index is 0.0121. The molecule has 0 spiro atoms. The van der Waals surface area contributed by atoms with Gasteiger partial charge in [-0.15, -0.1) is 0 Å². The molecule has 4 rings (SSSR count). The van der Waals surface area contributed by atoms with Crippen LogP contribution < -0.4 is 14.4 Å². The largest absolute Gasteiger partial charge is 0.497 e. The van der Waals surface area contributed by atoms with Crippen LogP contribution in [0.5, 0.6) is 17.2 Å². The molecule has 5 heteroatoms. The van der Waals surface area contributed by atoms with Gasteiger partial charge in [0.2, 0.25) is 0 Å². The van der Waals surface area contributed by atoms with Crippen molar-refractivity contribution in [3.8, 4) is 17.2 Å². The molecule has 1 heterocycles. The Labute approximate surface area is 177 Å². The van der Waals surface area contributed by atoms with Crippen LogP contribution in [0.4, 0.5) is 5.69 Å². The van der Waals surface area contributed by atoms with Crippen LogP contribution in [-0.2, 0) is 0 Å². The average Bonchev–Trinajstić information content (AvgIpc) is 3.06. The first-order valence-corrected chi connectivity index (χ1v) is 10.2. The number of carbonyl (C=O) groups excluding carboxylic acids is 1. The highest BCUT2D eigenvalue weighted by Crippen LogP contribution is 2.27. The summed E-state index contributed by atoms with van der Waals surface area (Å²) < 4.78 is 11.2. The number of nitrogens with zero attached hydrogens (tertiary/aromatic N) is 2. The maximum Gasteiger partial charge on any atom is 0.257 e. The Hall–Kier alpha value is -3.47. The number of hydrogen-bond donors (Lipinski definition) is 0. The van der Waals surface area contributed by atoms with E-state index in [1.807, 2.05) is 71.6 Å². The second kappa shape index (κ2) is 9.35. The zero-order valence-electron chi connectivity index (χ0n) is 17.2. The molecule has 3 aromatic rings. The number of amides is 1. The van der Waals surface area contributed by atoms with E-state index >= 15 is 0 Å². The quantitative estimate of drug-likeness (QED) is 0.612. The van der Waals surface area contributed by atoms with Crippen molar-refractivity contribution in [3.05, 3.63) is 84.4 Å². The molecule has 0 aliphatic carbocycles. The van der Waals surface area contributed by atoms with Crippen LogP contribution in [0.1, 0.15) is 16.8 Å². The van der Waals surface area contributed by atoms with E-state index in [0.717, 1.165) is 43.2 Å². The van der Waals surface area contributed by atoms with E-state index in [2.05, 4.69) is 17.0 Å². The fraction of sp³-hybridized carbons (Fsp3) is 0.240. The molecule has 0 N–H and O–H groups in total. The van der Waals surface area contributed by atoms with Gasteiger partial charge < -0.3 is 19.3 Å². The molecule has 1 fully saturated rings. The standard InChI is InChI=1S/C25H26N2O3/c1-29-21-14-12-20(13-15-21)26-16-7-17-27(19-18-26)25(28)23-10-5-6-11-24(23)30-22-8-3-2-4-9-22/h2-6,8-15H,7,16-19H2,1H3. The second-order valence-corrected chi connectivity index (χ2v) is 7.24. The maximum absolute atomic E-state index is 13.3. The minimum absolute atomic E-state index is 0.0121. The molecule has 1 aliphatic rings. The van der Waals surface area contributed by atoms with Crippen LogP contribution in [0.2, 0.25) is 0 Å². The third-order valence-corrected chi connectivity index (χ3v) is 5.31. The SMILES string of the molecule is COc1ccc(N2CCCN(C(=O)c3ccccc3Oc3ccccc3)CC2)cc1. The molecule has 1 saturated heterocycles. The molecule has 5 nitrogen and oxygen atoms in total. The van der Waals surface area contributed by atoms with Gasteiger partial charge in [0.25, 0.3) is 5.91 Å². The van der Waals surface area contributed by atoms with Gasteiger partial charge in [0.05, 0.1) is 12.7 Å². The lowest BCUT2D eigenvalue weighted by atomic mass is 10.1. The van der Waals surface area contributed by atoms with E-state index in [0.29, 0.717) is 17.9 Å². The Morgan fingerprint density at radius 3 is 2.27 bits per heavy atom. The molecule has 0 radical (unpaired) electrons. The van der Waals surface area contributed by atoms with Crippen LogP contribution in [0.15, 0.2) is 78.9 Å². The molecule has 30 heavy (non-hydrogen) atoms. The van der Waals surface area contributed by atoms with E-state index in [1.165, 1.54) is 0 Å². The van der Waals surface area contributed by atoms with Crippen LogP contribution in [0.25, 0.3) is 0 Å². The summed E-state index contributed by atoms with van der Waals surface area (Å²) in [5, 5.41) is 0. The highest BCUT2D eigenvalue weighted by atomic mass is 16.5. The first-order valence-electron chi connectivity index (χ1n) is 10.2. The molecule has 0 bridgehead atoms. The Morgan fingerprint density at radius 1 is 0.767 bits per heavy atom. The molecule has 3 aromatic carbocycles. The van der Waals surface area contributed by atoms with E-state index in [1.54, 1.807) is 7.11 Å². The Kier molecular flexibility index (Phi) is 6.18. The van der Waals surface area contributed by atoms with Gasteiger partial charge in [-0.05, 0) is 55.0 Å². The lowest BCUT2D eigenvalue weighted by molar-refractivity contribution is 0.0764. The number of para-hydroxylation sites is 2. The van der Waals surface area contributed by atoms with Gasteiger partial charge >= 0.3 is 0 Å². The van der Waals surface area contributed by atoms with Gasteiger partial charge in [-0.1, -0.05) is 30.3 Å². The second-order valence-electron chi connectivity index (χ2n) is 7.24. The van der Waals surface area contributed by atoms with Crippen molar-refractivity contribution in [2.75, 3.05) is 38.2 Å². The van der Waals surface area contributed by atoms with Crippen molar-refractivity contribution < 1.29 is 14.3 Å². The number of carbonyl (C=O) groups is 1. The van der Waals surface area contributed by atoms with Gasteiger partial charge in [0.1, 0.15) is 17.2 Å². The highest BCUT2D eigenvalue weighted by molar-refractivity contribution is 5.97. The number of ether oxygens (including phenoxy) is 2. The summed E-state index contributed by atoms with van der Waals surface area (Å²) in [5.74, 6) is 2.17. The number of hydrogen-bond acceptors (Lipinski definition) is 4. The van der Waals surface area contributed by atoms with E-state index < -0.39 is 0 Å². The summed E-state index contributed by atoms with van der Waals surface area (Å²) >= 11 is 0.